The van der Waals surface area contributed by atoms with E-state index >= 15 is 0 Å². The van der Waals surface area contributed by atoms with Crippen LogP contribution < -0.4 is 9.70 Å². The van der Waals surface area contributed by atoms with Crippen molar-refractivity contribution >= 4 is 39.2 Å². The van der Waals surface area contributed by atoms with E-state index in [4.69, 9.17) is 9.84 Å². The van der Waals surface area contributed by atoms with Crippen molar-refractivity contribution < 1.29 is 4.74 Å². The van der Waals surface area contributed by atoms with Crippen LogP contribution in [0.3, 0.4) is 0 Å². The summed E-state index contributed by atoms with van der Waals surface area (Å²) in [5.41, 5.74) is 4.36. The number of thiazole rings is 1. The zero-order valence-electron chi connectivity index (χ0n) is 16.6. The van der Waals surface area contributed by atoms with Crippen molar-refractivity contribution in [2.24, 2.45) is 10.1 Å². The number of morpholine rings is 1. The van der Waals surface area contributed by atoms with E-state index in [1.165, 1.54) is 5.69 Å². The SMILES string of the molecule is C=CCN=c1scc(-c2ccc(Br)cc2)n1N=Cc1ccc(N2CCOCC2)cc1. The molecule has 4 rings (SSSR count). The van der Waals surface area contributed by atoms with Crippen LogP contribution in [0.15, 0.2) is 81.1 Å². The summed E-state index contributed by atoms with van der Waals surface area (Å²) in [4.78, 5) is 7.78. The predicted molar refractivity (Wildman–Crippen MR) is 129 cm³/mol. The van der Waals surface area contributed by atoms with Gasteiger partial charge in [0.15, 0.2) is 0 Å². The molecule has 0 aliphatic carbocycles. The fourth-order valence-electron chi connectivity index (χ4n) is 3.20. The third-order valence-electron chi connectivity index (χ3n) is 4.77. The Hall–Kier alpha value is -2.48. The number of hydrogen-bond donors (Lipinski definition) is 0. The Morgan fingerprint density at radius 1 is 1.07 bits per heavy atom. The number of aromatic nitrogens is 1. The lowest BCUT2D eigenvalue weighted by Gasteiger charge is -2.28. The zero-order chi connectivity index (χ0) is 20.8. The van der Waals surface area contributed by atoms with Crippen LogP contribution in [-0.2, 0) is 4.74 Å². The Labute approximate surface area is 188 Å². The van der Waals surface area contributed by atoms with Gasteiger partial charge in [0.1, 0.15) is 0 Å². The highest BCUT2D eigenvalue weighted by Crippen LogP contribution is 2.22. The van der Waals surface area contributed by atoms with Gasteiger partial charge in [-0.25, -0.2) is 4.68 Å². The number of halogens is 1. The second kappa shape index (κ2) is 10.0. The van der Waals surface area contributed by atoms with Gasteiger partial charge in [0.2, 0.25) is 4.80 Å². The van der Waals surface area contributed by atoms with Crippen molar-refractivity contribution in [2.45, 2.75) is 0 Å². The minimum atomic E-state index is 0.560. The van der Waals surface area contributed by atoms with Gasteiger partial charge < -0.3 is 9.64 Å². The van der Waals surface area contributed by atoms with E-state index in [9.17, 15) is 0 Å². The average molecular weight is 483 g/mol. The molecule has 2 heterocycles. The van der Waals surface area contributed by atoms with E-state index in [1.54, 1.807) is 17.4 Å². The molecule has 154 valence electrons. The van der Waals surface area contributed by atoms with Gasteiger partial charge in [-0.3, -0.25) is 4.99 Å². The third-order valence-corrected chi connectivity index (χ3v) is 6.16. The fraction of sp³-hybridized carbons (Fsp3) is 0.217. The minimum absolute atomic E-state index is 0.560. The van der Waals surface area contributed by atoms with E-state index in [-0.39, 0.29) is 0 Å². The number of anilines is 1. The summed E-state index contributed by atoms with van der Waals surface area (Å²) >= 11 is 5.07. The second-order valence-corrected chi connectivity index (χ2v) is 8.54. The number of rotatable bonds is 6. The summed E-state index contributed by atoms with van der Waals surface area (Å²) < 4.78 is 8.38. The topological polar surface area (TPSA) is 42.1 Å². The van der Waals surface area contributed by atoms with E-state index in [0.29, 0.717) is 6.54 Å². The Bertz CT molecular complexity index is 1080. The number of benzene rings is 2. The number of ether oxygens (including phenoxy) is 1. The molecule has 1 fully saturated rings. The molecule has 1 aliphatic heterocycles. The van der Waals surface area contributed by atoms with Gasteiger partial charge in [0.25, 0.3) is 0 Å². The molecule has 0 radical (unpaired) electrons. The van der Waals surface area contributed by atoms with Crippen LogP contribution in [-0.4, -0.2) is 43.7 Å². The van der Waals surface area contributed by atoms with Crippen molar-refractivity contribution in [3.63, 3.8) is 0 Å². The standard InChI is InChI=1S/C23H23BrN4OS/c1-2-11-25-23-28(22(17-30-23)19-5-7-20(24)8-6-19)26-16-18-3-9-21(10-4-18)27-12-14-29-15-13-27/h2-10,16-17H,1,11-15H2. The first-order chi connectivity index (χ1) is 14.7. The van der Waals surface area contributed by atoms with Gasteiger partial charge in [-0.2, -0.15) is 5.10 Å². The maximum atomic E-state index is 5.44. The van der Waals surface area contributed by atoms with E-state index in [1.807, 2.05) is 23.0 Å². The van der Waals surface area contributed by atoms with Crippen LogP contribution in [0.5, 0.6) is 0 Å². The molecule has 3 aromatic rings. The van der Waals surface area contributed by atoms with Crippen molar-refractivity contribution in [3.05, 3.63) is 81.4 Å². The van der Waals surface area contributed by atoms with Gasteiger partial charge in [-0.15, -0.1) is 17.9 Å². The lowest BCUT2D eigenvalue weighted by atomic mass is 10.2. The summed E-state index contributed by atoms with van der Waals surface area (Å²) in [5, 5.41) is 6.85. The zero-order valence-corrected chi connectivity index (χ0v) is 19.0. The van der Waals surface area contributed by atoms with E-state index < -0.39 is 0 Å². The molecule has 1 aliphatic rings. The van der Waals surface area contributed by atoms with Crippen LogP contribution in [0.2, 0.25) is 0 Å². The Morgan fingerprint density at radius 3 is 2.50 bits per heavy atom. The van der Waals surface area contributed by atoms with E-state index in [2.05, 4.69) is 74.2 Å². The van der Waals surface area contributed by atoms with Gasteiger partial charge in [0, 0.05) is 34.2 Å². The van der Waals surface area contributed by atoms with Crippen LogP contribution in [0.4, 0.5) is 5.69 Å². The maximum absolute atomic E-state index is 5.44. The van der Waals surface area contributed by atoms with Gasteiger partial charge >= 0.3 is 0 Å². The van der Waals surface area contributed by atoms with Crippen molar-refractivity contribution in [1.29, 1.82) is 0 Å². The maximum Gasteiger partial charge on any atom is 0.206 e. The molecule has 7 heteroatoms. The first-order valence-corrected chi connectivity index (χ1v) is 11.5. The molecular weight excluding hydrogens is 460 g/mol. The molecule has 1 saturated heterocycles. The minimum Gasteiger partial charge on any atom is -0.378 e. The Balaban J connectivity index is 1.62. The van der Waals surface area contributed by atoms with Crippen LogP contribution in [0, 0.1) is 0 Å². The lowest BCUT2D eigenvalue weighted by Crippen LogP contribution is -2.36. The average Bonchev–Trinajstić information content (AvgIpc) is 3.20. The summed E-state index contributed by atoms with van der Waals surface area (Å²) in [5.74, 6) is 0. The van der Waals surface area contributed by atoms with Crippen molar-refractivity contribution in [2.75, 3.05) is 37.7 Å². The van der Waals surface area contributed by atoms with Crippen molar-refractivity contribution in [1.82, 2.24) is 4.68 Å². The molecule has 0 unspecified atom stereocenters. The van der Waals surface area contributed by atoms with Crippen LogP contribution >= 0.6 is 27.3 Å². The molecule has 0 amide bonds. The molecule has 0 atom stereocenters. The van der Waals surface area contributed by atoms with E-state index in [0.717, 1.165) is 52.4 Å². The molecule has 1 aromatic heterocycles. The smallest absolute Gasteiger partial charge is 0.206 e. The number of nitrogens with zero attached hydrogens (tertiary/aromatic N) is 4. The summed E-state index contributed by atoms with van der Waals surface area (Å²) in [6.45, 7) is 7.76. The largest absolute Gasteiger partial charge is 0.378 e. The molecular formula is C23H23BrN4OS. The molecule has 5 nitrogen and oxygen atoms in total. The van der Waals surface area contributed by atoms with Crippen LogP contribution in [0.25, 0.3) is 11.3 Å². The monoisotopic (exact) mass is 482 g/mol. The van der Waals surface area contributed by atoms with Gasteiger partial charge in [-0.05, 0) is 29.8 Å². The normalized spacial score (nSPS) is 15.1. The highest BCUT2D eigenvalue weighted by molar-refractivity contribution is 9.10. The molecule has 0 N–H and O–H groups in total. The quantitative estimate of drug-likeness (QED) is 0.374. The summed E-state index contributed by atoms with van der Waals surface area (Å²) in [7, 11) is 0. The highest BCUT2D eigenvalue weighted by atomic mass is 79.9. The predicted octanol–water partition coefficient (Wildman–Crippen LogP) is 4.78. The summed E-state index contributed by atoms with van der Waals surface area (Å²) in [6.07, 6.45) is 3.67. The number of hydrogen-bond acceptors (Lipinski definition) is 5. The molecule has 30 heavy (non-hydrogen) atoms. The first-order valence-electron chi connectivity index (χ1n) is 9.79. The molecule has 2 aromatic carbocycles. The fourth-order valence-corrected chi connectivity index (χ4v) is 4.31. The van der Waals surface area contributed by atoms with Gasteiger partial charge in [0.05, 0.1) is 31.7 Å². The Morgan fingerprint density at radius 2 is 1.80 bits per heavy atom. The third kappa shape index (κ3) is 4.98. The highest BCUT2D eigenvalue weighted by Gasteiger charge is 2.11. The molecule has 0 spiro atoms. The van der Waals surface area contributed by atoms with Crippen LogP contribution in [0.1, 0.15) is 5.56 Å². The second-order valence-electron chi connectivity index (χ2n) is 6.79. The molecule has 0 bridgehead atoms. The lowest BCUT2D eigenvalue weighted by molar-refractivity contribution is 0.122. The summed E-state index contributed by atoms with van der Waals surface area (Å²) in [6, 6.07) is 16.7. The van der Waals surface area contributed by atoms with Gasteiger partial charge in [-0.1, -0.05) is 46.3 Å². The molecule has 0 saturated carbocycles. The first kappa shape index (κ1) is 20.8. The Kier molecular flexibility index (Phi) is 6.94. The van der Waals surface area contributed by atoms with Crippen molar-refractivity contribution in [3.8, 4) is 11.3 Å².